The molecule has 0 saturated heterocycles. The molecule has 15 heavy (non-hydrogen) atoms. The third-order valence-electron chi connectivity index (χ3n) is 1.55. The molecule has 0 aliphatic heterocycles. The fraction of sp³-hybridized carbons (Fsp3) is 0.429. The largest absolute Gasteiger partial charge is 0.390 e. The number of halogens is 5. The van der Waals surface area contributed by atoms with Gasteiger partial charge in [0.25, 0.3) is 5.56 Å². The zero-order valence-corrected chi connectivity index (χ0v) is 8.70. The van der Waals surface area contributed by atoms with E-state index in [1.54, 1.807) is 0 Å². The van der Waals surface area contributed by atoms with Crippen LogP contribution in [-0.2, 0) is 6.54 Å². The van der Waals surface area contributed by atoms with E-state index in [4.69, 9.17) is 23.2 Å². The molecule has 0 amide bonds. The van der Waals surface area contributed by atoms with Gasteiger partial charge in [-0.15, -0.1) is 0 Å². The molecule has 0 saturated carbocycles. The van der Waals surface area contributed by atoms with E-state index < -0.39 is 24.7 Å². The Bertz CT molecular complexity index is 416. The summed E-state index contributed by atoms with van der Waals surface area (Å²) in [5.41, 5.74) is -0.826. The van der Waals surface area contributed by atoms with Crippen LogP contribution in [0.15, 0.2) is 11.0 Å². The van der Waals surface area contributed by atoms with Crippen molar-refractivity contribution in [3.8, 4) is 0 Å². The molecule has 1 aromatic rings. The molecule has 0 unspecified atom stereocenters. The number of nitrogens with zero attached hydrogens (tertiary/aromatic N) is 2. The topological polar surface area (TPSA) is 34.9 Å². The number of rotatable bonds is 2. The molecule has 0 fully saturated rings. The van der Waals surface area contributed by atoms with Crippen LogP contribution in [0.2, 0.25) is 10.0 Å². The fourth-order valence-electron chi connectivity index (χ4n) is 0.837. The number of alkyl halides is 3. The smallest absolute Gasteiger partial charge is 0.266 e. The van der Waals surface area contributed by atoms with Gasteiger partial charge in [0.2, 0.25) is 0 Å². The maximum Gasteiger partial charge on any atom is 0.390 e. The molecule has 0 aliphatic rings. The van der Waals surface area contributed by atoms with E-state index in [0.29, 0.717) is 4.68 Å². The lowest BCUT2D eigenvalue weighted by molar-refractivity contribution is -0.137. The average Bonchev–Trinajstić information content (AvgIpc) is 2.12. The Balaban J connectivity index is 2.89. The predicted molar refractivity (Wildman–Crippen MR) is 49.2 cm³/mol. The van der Waals surface area contributed by atoms with Crippen LogP contribution in [0.3, 0.4) is 0 Å². The molecule has 0 radical (unpaired) electrons. The highest BCUT2D eigenvalue weighted by Gasteiger charge is 2.27. The zero-order valence-electron chi connectivity index (χ0n) is 7.18. The van der Waals surface area contributed by atoms with Gasteiger partial charge in [-0.1, -0.05) is 23.2 Å². The number of hydrogen-bond donors (Lipinski definition) is 0. The van der Waals surface area contributed by atoms with Crippen molar-refractivity contribution >= 4 is 23.2 Å². The van der Waals surface area contributed by atoms with Crippen molar-refractivity contribution in [2.24, 2.45) is 0 Å². The maximum absolute atomic E-state index is 11.9. The lowest BCUT2D eigenvalue weighted by Crippen LogP contribution is -2.25. The van der Waals surface area contributed by atoms with E-state index in [2.05, 4.69) is 5.10 Å². The predicted octanol–water partition coefficient (Wildman–Crippen LogP) is 2.50. The molecule has 84 valence electrons. The molecule has 0 spiro atoms. The van der Waals surface area contributed by atoms with Crippen LogP contribution in [0.5, 0.6) is 0 Å². The van der Waals surface area contributed by atoms with Crippen molar-refractivity contribution in [1.29, 1.82) is 0 Å². The van der Waals surface area contributed by atoms with E-state index in [-0.39, 0.29) is 10.0 Å². The molecular formula is C7H5Cl2F3N2O. The fourth-order valence-corrected chi connectivity index (χ4v) is 1.11. The summed E-state index contributed by atoms with van der Waals surface area (Å²) in [5.74, 6) is 0. The van der Waals surface area contributed by atoms with Crippen LogP contribution in [0.25, 0.3) is 0 Å². The minimum atomic E-state index is -4.34. The normalized spacial score (nSPS) is 11.8. The molecule has 3 nitrogen and oxygen atoms in total. The molecule has 0 bridgehead atoms. The van der Waals surface area contributed by atoms with Crippen molar-refractivity contribution < 1.29 is 13.2 Å². The van der Waals surface area contributed by atoms with Gasteiger partial charge in [0.05, 0.1) is 24.2 Å². The minimum Gasteiger partial charge on any atom is -0.266 e. The van der Waals surface area contributed by atoms with Gasteiger partial charge in [-0.2, -0.15) is 18.3 Å². The first-order valence-corrected chi connectivity index (χ1v) is 4.55. The molecule has 1 rings (SSSR count). The maximum atomic E-state index is 11.9. The zero-order chi connectivity index (χ0) is 11.6. The van der Waals surface area contributed by atoms with Gasteiger partial charge in [-0.25, -0.2) is 4.68 Å². The summed E-state index contributed by atoms with van der Waals surface area (Å²) in [7, 11) is 0. The summed E-state index contributed by atoms with van der Waals surface area (Å²) in [6, 6.07) is 0. The Labute approximate surface area is 92.4 Å². The van der Waals surface area contributed by atoms with Gasteiger partial charge in [0.15, 0.2) is 0 Å². The number of aryl methyl sites for hydroxylation is 1. The number of hydrogen-bond acceptors (Lipinski definition) is 2. The van der Waals surface area contributed by atoms with Crippen LogP contribution in [0, 0.1) is 0 Å². The molecule has 0 N–H and O–H groups in total. The summed E-state index contributed by atoms with van der Waals surface area (Å²) >= 11 is 10.9. The lowest BCUT2D eigenvalue weighted by Gasteiger charge is -2.07. The van der Waals surface area contributed by atoms with Crippen LogP contribution >= 0.6 is 23.2 Å². The standard InChI is InChI=1S/C7H5Cl2F3N2O/c8-4-3-13-14(6(15)5(4)9)2-1-7(10,11)12/h3H,1-2H2. The van der Waals surface area contributed by atoms with Gasteiger partial charge >= 0.3 is 6.18 Å². The van der Waals surface area contributed by atoms with Crippen molar-refractivity contribution in [3.63, 3.8) is 0 Å². The highest BCUT2D eigenvalue weighted by atomic mass is 35.5. The second-order valence-electron chi connectivity index (χ2n) is 2.70. The highest BCUT2D eigenvalue weighted by Crippen LogP contribution is 2.20. The van der Waals surface area contributed by atoms with Crippen molar-refractivity contribution in [2.75, 3.05) is 0 Å². The summed E-state index contributed by atoms with van der Waals surface area (Å²) < 4.78 is 36.2. The molecule has 1 heterocycles. The minimum absolute atomic E-state index is 0.0788. The second-order valence-corrected chi connectivity index (χ2v) is 3.49. The second kappa shape index (κ2) is 4.40. The van der Waals surface area contributed by atoms with Gasteiger partial charge in [-0.05, 0) is 0 Å². The highest BCUT2D eigenvalue weighted by molar-refractivity contribution is 6.41. The van der Waals surface area contributed by atoms with Crippen molar-refractivity contribution in [2.45, 2.75) is 19.1 Å². The molecule has 8 heteroatoms. The molecule has 0 aliphatic carbocycles. The molecular weight excluding hydrogens is 256 g/mol. The third-order valence-corrected chi connectivity index (χ3v) is 2.30. The SMILES string of the molecule is O=c1c(Cl)c(Cl)cnn1CCC(F)(F)F. The van der Waals surface area contributed by atoms with Crippen LogP contribution in [-0.4, -0.2) is 16.0 Å². The quantitative estimate of drug-likeness (QED) is 0.819. The summed E-state index contributed by atoms with van der Waals surface area (Å²) in [6.45, 7) is -0.570. The van der Waals surface area contributed by atoms with Crippen molar-refractivity contribution in [3.05, 3.63) is 26.6 Å². The van der Waals surface area contributed by atoms with Gasteiger partial charge < -0.3 is 0 Å². The van der Waals surface area contributed by atoms with E-state index in [0.717, 1.165) is 6.20 Å². The van der Waals surface area contributed by atoms with Crippen molar-refractivity contribution in [1.82, 2.24) is 9.78 Å². The van der Waals surface area contributed by atoms with E-state index >= 15 is 0 Å². The van der Waals surface area contributed by atoms with Crippen LogP contribution < -0.4 is 5.56 Å². The van der Waals surface area contributed by atoms with Gasteiger partial charge in [0, 0.05) is 0 Å². The average molecular weight is 261 g/mol. The Morgan fingerprint density at radius 2 is 2.00 bits per heavy atom. The summed E-state index contributed by atoms with van der Waals surface area (Å²) in [6.07, 6.45) is -4.45. The Morgan fingerprint density at radius 1 is 1.40 bits per heavy atom. The summed E-state index contributed by atoms with van der Waals surface area (Å²) in [5, 5.41) is 3.03. The summed E-state index contributed by atoms with van der Waals surface area (Å²) in [4.78, 5) is 11.2. The van der Waals surface area contributed by atoms with E-state index in [9.17, 15) is 18.0 Å². The van der Waals surface area contributed by atoms with Gasteiger partial charge in [-0.3, -0.25) is 4.79 Å². The monoisotopic (exact) mass is 260 g/mol. The molecule has 0 atom stereocenters. The Morgan fingerprint density at radius 3 is 2.53 bits per heavy atom. The van der Waals surface area contributed by atoms with E-state index in [1.165, 1.54) is 0 Å². The first kappa shape index (κ1) is 12.3. The third kappa shape index (κ3) is 3.39. The van der Waals surface area contributed by atoms with Crippen LogP contribution in [0.1, 0.15) is 6.42 Å². The van der Waals surface area contributed by atoms with Gasteiger partial charge in [0.1, 0.15) is 5.02 Å². The Kier molecular flexibility index (Phi) is 3.62. The first-order chi connectivity index (χ1) is 6.81. The lowest BCUT2D eigenvalue weighted by atomic mass is 10.4. The van der Waals surface area contributed by atoms with E-state index in [1.807, 2.05) is 0 Å². The molecule has 1 aromatic heterocycles. The first-order valence-electron chi connectivity index (χ1n) is 3.79. The van der Waals surface area contributed by atoms with Crippen LogP contribution in [0.4, 0.5) is 13.2 Å². The molecule has 0 aromatic carbocycles. The Hall–Kier alpha value is -0.750. The number of aromatic nitrogens is 2.